The quantitative estimate of drug-likeness (QED) is 0.161. The molecule has 10 heteroatoms. The van der Waals surface area contributed by atoms with Crippen LogP contribution in [0.4, 0.5) is 0 Å². The zero-order chi connectivity index (χ0) is 31.4. The summed E-state index contributed by atoms with van der Waals surface area (Å²) in [5, 5.41) is 8.86. The number of carbonyl (C=O) groups is 2. The Morgan fingerprint density at radius 3 is 1.21 bits per heavy atom. The van der Waals surface area contributed by atoms with E-state index >= 15 is 0 Å². The van der Waals surface area contributed by atoms with E-state index in [1.807, 2.05) is 52.0 Å². The third kappa shape index (κ3) is 13.0. The van der Waals surface area contributed by atoms with Crippen molar-refractivity contribution in [1.82, 2.24) is 4.90 Å². The van der Waals surface area contributed by atoms with Crippen LogP contribution in [0.5, 0.6) is 0 Å². The second-order valence-electron chi connectivity index (χ2n) is 9.80. The van der Waals surface area contributed by atoms with Crippen LogP contribution in [0.1, 0.15) is 70.3 Å². The van der Waals surface area contributed by atoms with Crippen molar-refractivity contribution in [3.05, 3.63) is 99.9 Å². The minimum atomic E-state index is -0.0618. The molecule has 4 rings (SSSR count). The van der Waals surface area contributed by atoms with E-state index in [0.717, 1.165) is 35.6 Å². The Morgan fingerprint density at radius 2 is 0.929 bits per heavy atom. The Kier molecular flexibility index (Phi) is 21.4. The van der Waals surface area contributed by atoms with Gasteiger partial charge in [0, 0.05) is 67.9 Å². The molecule has 0 radical (unpaired) electrons. The fourth-order valence-corrected chi connectivity index (χ4v) is 5.48. The van der Waals surface area contributed by atoms with Gasteiger partial charge in [-0.1, -0.05) is 114 Å². The third-order valence-corrected chi connectivity index (χ3v) is 11.0. The highest BCUT2D eigenvalue weighted by molar-refractivity contribution is 15.0. The molecule has 0 saturated carbocycles. The van der Waals surface area contributed by atoms with Gasteiger partial charge in [0.25, 0.3) is 0 Å². The van der Waals surface area contributed by atoms with Crippen LogP contribution in [0, 0.1) is 41.5 Å². The summed E-state index contributed by atoms with van der Waals surface area (Å²) in [6, 6.07) is 12.4. The number of nitrogens with zero attached hydrogens (tertiary/aromatic N) is 1. The van der Waals surface area contributed by atoms with Gasteiger partial charge in [-0.25, -0.2) is 0 Å². The van der Waals surface area contributed by atoms with Gasteiger partial charge in [-0.3, -0.25) is 14.5 Å². The van der Waals surface area contributed by atoms with E-state index in [1.54, 1.807) is 0 Å². The van der Waals surface area contributed by atoms with Crippen molar-refractivity contribution in [3.63, 3.8) is 0 Å². The highest BCUT2D eigenvalue weighted by atomic mass is 128. The summed E-state index contributed by atoms with van der Waals surface area (Å²) in [4.78, 5) is 24.4. The van der Waals surface area contributed by atoms with Crippen LogP contribution in [0.2, 0.25) is 0 Å². The average molecular weight is 1110 g/mol. The van der Waals surface area contributed by atoms with Gasteiger partial charge in [0.15, 0.2) is 0 Å². The number of hydrogen-bond acceptors (Lipinski definition) is 3. The lowest BCUT2D eigenvalue weighted by Gasteiger charge is -2.15. The summed E-state index contributed by atoms with van der Waals surface area (Å²) in [5.74, 6) is -0.124. The summed E-state index contributed by atoms with van der Waals surface area (Å²) in [7, 11) is 0. The van der Waals surface area contributed by atoms with Gasteiger partial charge in [0.1, 0.15) is 0 Å². The minimum absolute atomic E-state index is 0. The predicted molar refractivity (Wildman–Crippen MR) is 214 cm³/mol. The third-order valence-electron chi connectivity index (χ3n) is 6.32. The molecular weight excluding hydrogens is 1070 g/mol. The fourth-order valence-electron chi connectivity index (χ4n) is 4.35. The molecule has 1 saturated heterocycles. The molecule has 1 N–H and O–H groups in total. The summed E-state index contributed by atoms with van der Waals surface area (Å²) in [6.45, 7) is 12.8. The number of aliphatic hydroxyl groups excluding tert-OH is 1. The van der Waals surface area contributed by atoms with Crippen molar-refractivity contribution in [3.8, 4) is 0 Å². The molecule has 0 unspecified atom stereocenters. The molecule has 3 aromatic rings. The van der Waals surface area contributed by atoms with E-state index in [1.165, 1.54) is 37.2 Å². The van der Waals surface area contributed by atoms with Crippen molar-refractivity contribution in [1.29, 1.82) is 0 Å². The van der Waals surface area contributed by atoms with Crippen molar-refractivity contribution >= 4 is 119 Å². The SMILES string of the molecule is C.Cc1cc(CI)cc(C)c1Br.Cc1cc(CN2C(=O)CCC2=O)cc(C)c1Br.Cc1cc(CO)cc(C)c1Br.II. The first-order valence-electron chi connectivity index (χ1n) is 12.7. The van der Waals surface area contributed by atoms with Crippen molar-refractivity contribution in [2.24, 2.45) is 0 Å². The molecule has 42 heavy (non-hydrogen) atoms. The molecule has 1 fully saturated rings. The zero-order valence-electron chi connectivity index (χ0n) is 24.0. The highest BCUT2D eigenvalue weighted by Crippen LogP contribution is 2.25. The summed E-state index contributed by atoms with van der Waals surface area (Å²) in [5.41, 5.74) is 10.6. The van der Waals surface area contributed by atoms with Gasteiger partial charge >= 0.3 is 0 Å². The van der Waals surface area contributed by atoms with Crippen LogP contribution >= 0.6 is 108 Å². The van der Waals surface area contributed by atoms with Crippen LogP contribution < -0.4 is 0 Å². The number of aryl methyl sites for hydroxylation is 6. The molecule has 1 heterocycles. The van der Waals surface area contributed by atoms with E-state index in [0.29, 0.717) is 19.4 Å². The van der Waals surface area contributed by atoms with Gasteiger partial charge in [0.2, 0.25) is 11.8 Å². The lowest BCUT2D eigenvalue weighted by Crippen LogP contribution is -2.28. The van der Waals surface area contributed by atoms with E-state index < -0.39 is 0 Å². The van der Waals surface area contributed by atoms with Crippen LogP contribution in [-0.4, -0.2) is 21.8 Å². The lowest BCUT2D eigenvalue weighted by atomic mass is 10.1. The standard InChI is InChI=1S/C13H14BrNO2.C9H10BrI.C9H11BrO.CH4.I2/c1-8-5-10(6-9(2)13(8)14)7-15-11(16)3-4-12(15)17;2*1-6-3-8(5-11)4-7(2)9(6)10;;1-2/h5-6H,3-4,7H2,1-2H3;3-4H,5H2,1-2H3;3-4,11H,5H2,1-2H3;1H4;. The first-order chi connectivity index (χ1) is 19.3. The molecule has 0 aliphatic carbocycles. The molecule has 4 nitrogen and oxygen atoms in total. The largest absolute Gasteiger partial charge is 0.392 e. The number of alkyl halides is 1. The first-order valence-corrected chi connectivity index (χ1v) is 22.9. The Labute approximate surface area is 314 Å². The second-order valence-corrected chi connectivity index (χ2v) is 12.9. The monoisotopic (exact) mass is 1100 g/mol. The molecule has 0 atom stereocenters. The average Bonchev–Trinajstić information content (AvgIpc) is 3.26. The summed E-state index contributed by atoms with van der Waals surface area (Å²) >= 11 is 17.1. The minimum Gasteiger partial charge on any atom is -0.392 e. The van der Waals surface area contributed by atoms with Gasteiger partial charge in [-0.2, -0.15) is 0 Å². The number of carbonyl (C=O) groups excluding carboxylic acids is 2. The molecule has 1 aliphatic rings. The Balaban J connectivity index is 0.000000596. The molecular formula is C32H39Br3I3NO3. The molecule has 0 bridgehead atoms. The molecule has 0 spiro atoms. The molecule has 3 aromatic carbocycles. The van der Waals surface area contributed by atoms with Crippen LogP contribution in [0.15, 0.2) is 49.8 Å². The lowest BCUT2D eigenvalue weighted by molar-refractivity contribution is -0.139. The Morgan fingerprint density at radius 1 is 0.643 bits per heavy atom. The number of amides is 2. The summed E-state index contributed by atoms with van der Waals surface area (Å²) < 4.78 is 4.55. The summed E-state index contributed by atoms with van der Waals surface area (Å²) in [6.07, 6.45) is 0.709. The molecule has 2 amide bonds. The number of likely N-dealkylation sites (tertiary alicyclic amines) is 1. The van der Waals surface area contributed by atoms with Crippen LogP contribution in [-0.2, 0) is 27.2 Å². The van der Waals surface area contributed by atoms with Crippen molar-refractivity contribution in [2.45, 2.75) is 79.4 Å². The maximum Gasteiger partial charge on any atom is 0.229 e. The molecule has 232 valence electrons. The maximum absolute atomic E-state index is 11.5. The van der Waals surface area contributed by atoms with E-state index in [2.05, 4.69) is 134 Å². The van der Waals surface area contributed by atoms with Crippen molar-refractivity contribution in [2.75, 3.05) is 0 Å². The van der Waals surface area contributed by atoms with Gasteiger partial charge in [-0.15, -0.1) is 0 Å². The second kappa shape index (κ2) is 21.2. The topological polar surface area (TPSA) is 57.6 Å². The Hall–Kier alpha value is 0.390. The van der Waals surface area contributed by atoms with E-state index in [-0.39, 0.29) is 25.8 Å². The van der Waals surface area contributed by atoms with E-state index in [4.69, 9.17) is 5.11 Å². The normalized spacial score (nSPS) is 11.9. The Bertz CT molecular complexity index is 1220. The van der Waals surface area contributed by atoms with Crippen LogP contribution in [0.3, 0.4) is 0 Å². The van der Waals surface area contributed by atoms with Gasteiger partial charge in [0.05, 0.1) is 13.2 Å². The van der Waals surface area contributed by atoms with Crippen LogP contribution in [0.25, 0.3) is 0 Å². The number of hydrogen-bond donors (Lipinski definition) is 1. The predicted octanol–water partition coefficient (Wildman–Crippen LogP) is 11.7. The van der Waals surface area contributed by atoms with E-state index in [9.17, 15) is 9.59 Å². The highest BCUT2D eigenvalue weighted by Gasteiger charge is 2.28. The molecule has 1 aliphatic heterocycles. The van der Waals surface area contributed by atoms with Gasteiger partial charge < -0.3 is 5.11 Å². The van der Waals surface area contributed by atoms with Crippen molar-refractivity contribution < 1.29 is 14.7 Å². The maximum atomic E-state index is 11.5. The fraction of sp³-hybridized carbons (Fsp3) is 0.375. The number of rotatable bonds is 4. The number of aliphatic hydroxyl groups is 1. The first kappa shape index (κ1) is 42.4. The van der Waals surface area contributed by atoms with Gasteiger partial charge in [-0.05, 0) is 91.6 Å². The number of imide groups is 1. The smallest absolute Gasteiger partial charge is 0.229 e. The number of benzene rings is 3. The zero-order valence-corrected chi connectivity index (χ0v) is 35.2. The number of halogens is 6. The molecule has 0 aromatic heterocycles.